The maximum atomic E-state index is 12.5. The lowest BCUT2D eigenvalue weighted by atomic mass is 9.91. The fourth-order valence-electron chi connectivity index (χ4n) is 3.64. The van der Waals surface area contributed by atoms with Crippen LogP contribution in [0.25, 0.3) is 0 Å². The molecule has 1 aromatic heterocycles. The van der Waals surface area contributed by atoms with E-state index in [2.05, 4.69) is 20.6 Å². The number of aromatic nitrogens is 2. The molecule has 0 radical (unpaired) electrons. The molecule has 0 bridgehead atoms. The summed E-state index contributed by atoms with van der Waals surface area (Å²) in [5.74, 6) is 1.35. The van der Waals surface area contributed by atoms with Gasteiger partial charge < -0.3 is 15.5 Å². The van der Waals surface area contributed by atoms with Crippen LogP contribution in [0.2, 0.25) is 0 Å². The molecule has 3 rings (SSSR count). The molecule has 1 saturated carbocycles. The third kappa shape index (κ3) is 5.47. The van der Waals surface area contributed by atoms with Gasteiger partial charge in [-0.15, -0.1) is 0 Å². The molecule has 9 heteroatoms. The van der Waals surface area contributed by atoms with Gasteiger partial charge in [0, 0.05) is 49.8 Å². The Balaban J connectivity index is 1.52. The second-order valence-corrected chi connectivity index (χ2v) is 10.1. The lowest BCUT2D eigenvalue weighted by Crippen LogP contribution is -2.40. The van der Waals surface area contributed by atoms with Crippen LogP contribution in [0, 0.1) is 6.92 Å². The van der Waals surface area contributed by atoms with Crippen molar-refractivity contribution in [1.82, 2.24) is 15.3 Å². The van der Waals surface area contributed by atoms with Gasteiger partial charge in [-0.3, -0.25) is 4.79 Å². The normalized spacial score (nSPS) is 19.2. The zero-order chi connectivity index (χ0) is 21.9. The van der Waals surface area contributed by atoms with Crippen molar-refractivity contribution in [3.05, 3.63) is 41.6 Å². The second kappa shape index (κ2) is 8.99. The maximum Gasteiger partial charge on any atom is 0.251 e. The molecule has 162 valence electrons. The molecule has 0 saturated heterocycles. The Kier molecular flexibility index (Phi) is 6.60. The number of hydrogen-bond donors (Lipinski definition) is 2. The summed E-state index contributed by atoms with van der Waals surface area (Å²) in [4.78, 5) is 23.6. The molecule has 2 aromatic rings. The SMILES string of the molecule is Cc1cnc(NC2CCC(NC(=O)c3ccc(S(C)(=O)=O)cc3)CC2)nc1N(C)C. The van der Waals surface area contributed by atoms with Crippen LogP contribution in [0.4, 0.5) is 11.8 Å². The van der Waals surface area contributed by atoms with Gasteiger partial charge in [0.2, 0.25) is 5.95 Å². The van der Waals surface area contributed by atoms with Crippen molar-refractivity contribution in [2.24, 2.45) is 0 Å². The first-order valence-corrected chi connectivity index (χ1v) is 11.9. The molecule has 1 fully saturated rings. The van der Waals surface area contributed by atoms with Crippen LogP contribution >= 0.6 is 0 Å². The smallest absolute Gasteiger partial charge is 0.251 e. The van der Waals surface area contributed by atoms with E-state index in [1.54, 1.807) is 12.1 Å². The highest BCUT2D eigenvalue weighted by Crippen LogP contribution is 2.23. The van der Waals surface area contributed by atoms with E-state index in [-0.39, 0.29) is 22.9 Å². The molecule has 1 heterocycles. The third-order valence-electron chi connectivity index (χ3n) is 5.31. The largest absolute Gasteiger partial charge is 0.362 e. The van der Waals surface area contributed by atoms with E-state index in [0.29, 0.717) is 11.5 Å². The fourth-order valence-corrected chi connectivity index (χ4v) is 4.27. The summed E-state index contributed by atoms with van der Waals surface area (Å²) in [5, 5.41) is 6.47. The zero-order valence-electron chi connectivity index (χ0n) is 17.8. The number of nitrogens with zero attached hydrogens (tertiary/aromatic N) is 3. The molecule has 2 N–H and O–H groups in total. The Morgan fingerprint density at radius 2 is 1.67 bits per heavy atom. The van der Waals surface area contributed by atoms with E-state index < -0.39 is 9.84 Å². The highest BCUT2D eigenvalue weighted by Gasteiger charge is 2.23. The van der Waals surface area contributed by atoms with Gasteiger partial charge in [0.05, 0.1) is 4.90 Å². The predicted molar refractivity (Wildman–Crippen MR) is 118 cm³/mol. The highest BCUT2D eigenvalue weighted by atomic mass is 32.2. The van der Waals surface area contributed by atoms with Gasteiger partial charge in [-0.05, 0) is 56.9 Å². The Morgan fingerprint density at radius 1 is 1.07 bits per heavy atom. The molecule has 0 unspecified atom stereocenters. The number of hydrogen-bond acceptors (Lipinski definition) is 7. The van der Waals surface area contributed by atoms with Crippen LogP contribution in [0.1, 0.15) is 41.6 Å². The van der Waals surface area contributed by atoms with Gasteiger partial charge >= 0.3 is 0 Å². The standard InChI is InChI=1S/C21H29N5O3S/c1-14-13-22-21(25-19(14)26(2)3)24-17-9-7-16(8-10-17)23-20(27)15-5-11-18(12-6-15)30(4,28)29/h5-6,11-13,16-17H,7-10H2,1-4H3,(H,23,27)(H,22,24,25). The Bertz CT molecular complexity index is 998. The van der Waals surface area contributed by atoms with Crippen molar-refractivity contribution in [2.75, 3.05) is 30.6 Å². The Morgan fingerprint density at radius 3 is 2.23 bits per heavy atom. The topological polar surface area (TPSA) is 104 Å². The third-order valence-corrected chi connectivity index (χ3v) is 6.44. The quantitative estimate of drug-likeness (QED) is 0.724. The average molecular weight is 432 g/mol. The molecule has 0 atom stereocenters. The van der Waals surface area contributed by atoms with E-state index in [4.69, 9.17) is 0 Å². The first-order valence-electron chi connectivity index (χ1n) is 10.0. The molecule has 8 nitrogen and oxygen atoms in total. The van der Waals surface area contributed by atoms with Crippen molar-refractivity contribution < 1.29 is 13.2 Å². The first-order chi connectivity index (χ1) is 14.1. The summed E-state index contributed by atoms with van der Waals surface area (Å²) in [6.07, 6.45) is 6.51. The maximum absolute atomic E-state index is 12.5. The lowest BCUT2D eigenvalue weighted by Gasteiger charge is -2.30. The monoisotopic (exact) mass is 431 g/mol. The van der Waals surface area contributed by atoms with Gasteiger partial charge in [0.15, 0.2) is 9.84 Å². The van der Waals surface area contributed by atoms with Crippen molar-refractivity contribution in [2.45, 2.75) is 49.6 Å². The lowest BCUT2D eigenvalue weighted by molar-refractivity contribution is 0.0926. The summed E-state index contributed by atoms with van der Waals surface area (Å²) in [6, 6.07) is 6.40. The number of nitrogens with one attached hydrogen (secondary N) is 2. The van der Waals surface area contributed by atoms with Crippen molar-refractivity contribution in [1.29, 1.82) is 0 Å². The van der Waals surface area contributed by atoms with Gasteiger partial charge in [-0.25, -0.2) is 13.4 Å². The molecule has 1 aromatic carbocycles. The number of sulfone groups is 1. The number of carbonyl (C=O) groups excluding carboxylic acids is 1. The average Bonchev–Trinajstić information content (AvgIpc) is 2.70. The molecular formula is C21H29N5O3S. The van der Waals surface area contributed by atoms with Crippen molar-refractivity contribution >= 4 is 27.5 Å². The fraction of sp³-hybridized carbons (Fsp3) is 0.476. The second-order valence-electron chi connectivity index (χ2n) is 8.06. The molecule has 1 aliphatic carbocycles. The number of benzene rings is 1. The minimum absolute atomic E-state index is 0.0985. The van der Waals surface area contributed by atoms with Crippen LogP contribution < -0.4 is 15.5 Å². The number of aryl methyl sites for hydroxylation is 1. The first kappa shape index (κ1) is 22.0. The Hall–Kier alpha value is -2.68. The molecule has 30 heavy (non-hydrogen) atoms. The van der Waals surface area contributed by atoms with Crippen LogP contribution in [0.3, 0.4) is 0 Å². The highest BCUT2D eigenvalue weighted by molar-refractivity contribution is 7.90. The van der Waals surface area contributed by atoms with Gasteiger partial charge in [0.1, 0.15) is 5.82 Å². The minimum Gasteiger partial charge on any atom is -0.362 e. The van der Waals surface area contributed by atoms with E-state index in [1.165, 1.54) is 12.1 Å². The molecule has 1 amide bonds. The van der Waals surface area contributed by atoms with Crippen molar-refractivity contribution in [3.8, 4) is 0 Å². The zero-order valence-corrected chi connectivity index (χ0v) is 18.7. The summed E-state index contributed by atoms with van der Waals surface area (Å²) >= 11 is 0. The number of amides is 1. The summed E-state index contributed by atoms with van der Waals surface area (Å²) in [6.45, 7) is 1.99. The summed E-state index contributed by atoms with van der Waals surface area (Å²) in [5.41, 5.74) is 1.49. The van der Waals surface area contributed by atoms with E-state index >= 15 is 0 Å². The number of carbonyl (C=O) groups is 1. The van der Waals surface area contributed by atoms with Crippen LogP contribution in [-0.4, -0.2) is 56.7 Å². The van der Waals surface area contributed by atoms with Crippen molar-refractivity contribution in [3.63, 3.8) is 0 Å². The minimum atomic E-state index is -3.27. The Labute approximate surface area is 178 Å². The van der Waals surface area contributed by atoms with Gasteiger partial charge in [-0.2, -0.15) is 4.98 Å². The predicted octanol–water partition coefficient (Wildman–Crippen LogP) is 2.41. The van der Waals surface area contributed by atoms with E-state index in [0.717, 1.165) is 43.3 Å². The van der Waals surface area contributed by atoms with Gasteiger partial charge in [-0.1, -0.05) is 0 Å². The number of anilines is 2. The molecule has 0 spiro atoms. The number of rotatable bonds is 6. The molecular weight excluding hydrogens is 402 g/mol. The molecule has 0 aliphatic heterocycles. The van der Waals surface area contributed by atoms with E-state index in [9.17, 15) is 13.2 Å². The van der Waals surface area contributed by atoms with E-state index in [1.807, 2.05) is 32.1 Å². The van der Waals surface area contributed by atoms with Gasteiger partial charge in [0.25, 0.3) is 5.91 Å². The summed E-state index contributed by atoms with van der Waals surface area (Å²) < 4.78 is 23.1. The van der Waals surface area contributed by atoms with Crippen LogP contribution in [-0.2, 0) is 9.84 Å². The summed E-state index contributed by atoms with van der Waals surface area (Å²) in [7, 11) is 0.654. The van der Waals surface area contributed by atoms with Crippen LogP contribution in [0.5, 0.6) is 0 Å². The molecule has 1 aliphatic rings. The van der Waals surface area contributed by atoms with Crippen LogP contribution in [0.15, 0.2) is 35.4 Å².